The Labute approximate surface area is 210 Å². The third-order valence-corrected chi connectivity index (χ3v) is 6.69. The van der Waals surface area contributed by atoms with Gasteiger partial charge in [0.05, 0.1) is 5.92 Å². The van der Waals surface area contributed by atoms with Crippen LogP contribution in [-0.4, -0.2) is 5.97 Å². The van der Waals surface area contributed by atoms with Gasteiger partial charge in [0.2, 0.25) is 11.6 Å². The summed E-state index contributed by atoms with van der Waals surface area (Å²) in [5, 5.41) is 10.7. The third-order valence-electron chi connectivity index (χ3n) is 6.16. The van der Waals surface area contributed by atoms with Crippen molar-refractivity contribution in [1.29, 1.82) is 5.26 Å². The van der Waals surface area contributed by atoms with Crippen molar-refractivity contribution in [1.82, 2.24) is 0 Å². The first-order valence-electron chi connectivity index (χ1n) is 11.0. The highest BCUT2D eigenvalue weighted by molar-refractivity contribution is 9.10. The summed E-state index contributed by atoms with van der Waals surface area (Å²) in [4.78, 5) is 13.0. The van der Waals surface area contributed by atoms with Gasteiger partial charge >= 0.3 is 5.97 Å². The van der Waals surface area contributed by atoms with E-state index in [1.165, 1.54) is 0 Å². The Morgan fingerprint density at radius 2 is 1.83 bits per heavy atom. The maximum atomic E-state index is 13.0. The van der Waals surface area contributed by atoms with Crippen LogP contribution in [0.2, 0.25) is 0 Å². The lowest BCUT2D eigenvalue weighted by atomic mass is 9.83. The SMILES string of the molecule is Cc1cc(C)c2c(C)c(C(=O)Oc3ccc4c(c3)OC(N)=C(C#N)C4c3ccc(Br)cc3)oc2c1. The van der Waals surface area contributed by atoms with E-state index in [0.29, 0.717) is 16.9 Å². The zero-order valence-corrected chi connectivity index (χ0v) is 20.9. The zero-order chi connectivity index (χ0) is 24.9. The normalized spacial score (nSPS) is 14.9. The standard InChI is InChI=1S/C28H21BrN2O4/c1-14-10-15(2)24-16(3)26(34-23(24)11-14)28(32)33-19-8-9-20-22(12-19)35-27(31)21(13-30)25(20)17-4-6-18(29)7-5-17/h4-12,25H,31H2,1-3H3. The first-order chi connectivity index (χ1) is 16.8. The van der Waals surface area contributed by atoms with E-state index in [1.807, 2.05) is 51.1 Å². The number of hydrogen-bond acceptors (Lipinski definition) is 6. The van der Waals surface area contributed by atoms with Crippen LogP contribution in [0.3, 0.4) is 0 Å². The lowest BCUT2D eigenvalue weighted by Gasteiger charge is -2.26. The Morgan fingerprint density at radius 3 is 2.54 bits per heavy atom. The summed E-state index contributed by atoms with van der Waals surface area (Å²) in [6, 6.07) is 18.9. The number of carbonyl (C=O) groups is 1. The number of esters is 1. The molecule has 0 spiro atoms. The second kappa shape index (κ2) is 8.64. The van der Waals surface area contributed by atoms with Crippen LogP contribution in [0.1, 0.15) is 44.3 Å². The minimum absolute atomic E-state index is 0.0235. The fraction of sp³-hybridized carbons (Fsp3) is 0.143. The van der Waals surface area contributed by atoms with Crippen molar-refractivity contribution >= 4 is 32.9 Å². The molecule has 3 aromatic carbocycles. The van der Waals surface area contributed by atoms with Crippen molar-refractivity contribution in [3.05, 3.63) is 104 Å². The molecule has 1 atom stereocenters. The van der Waals surface area contributed by atoms with E-state index >= 15 is 0 Å². The number of hydrogen-bond donors (Lipinski definition) is 1. The average Bonchev–Trinajstić information content (AvgIpc) is 3.15. The number of ether oxygens (including phenoxy) is 2. The fourth-order valence-electron chi connectivity index (χ4n) is 4.64. The summed E-state index contributed by atoms with van der Waals surface area (Å²) in [7, 11) is 0. The van der Waals surface area contributed by atoms with Gasteiger partial charge in [0.25, 0.3) is 0 Å². The molecule has 0 fully saturated rings. The Kier molecular flexibility index (Phi) is 5.62. The third kappa shape index (κ3) is 3.96. The highest BCUT2D eigenvalue weighted by Gasteiger charge is 2.31. The molecule has 4 aromatic rings. The molecule has 2 heterocycles. The molecule has 0 saturated carbocycles. The van der Waals surface area contributed by atoms with Crippen LogP contribution in [0, 0.1) is 32.1 Å². The number of fused-ring (bicyclic) bond motifs is 2. The van der Waals surface area contributed by atoms with Gasteiger partial charge in [-0.3, -0.25) is 0 Å². The molecule has 35 heavy (non-hydrogen) atoms. The Balaban J connectivity index is 1.49. The first-order valence-corrected chi connectivity index (χ1v) is 11.8. The van der Waals surface area contributed by atoms with E-state index in [2.05, 4.69) is 28.1 Å². The number of aryl methyl sites for hydroxylation is 3. The highest BCUT2D eigenvalue weighted by Crippen LogP contribution is 2.43. The van der Waals surface area contributed by atoms with Crippen molar-refractivity contribution < 1.29 is 18.7 Å². The zero-order valence-electron chi connectivity index (χ0n) is 19.3. The minimum atomic E-state index is -0.600. The quantitative estimate of drug-likeness (QED) is 0.239. The average molecular weight is 529 g/mol. The lowest BCUT2D eigenvalue weighted by molar-refractivity contribution is 0.0702. The summed E-state index contributed by atoms with van der Waals surface area (Å²) < 4.78 is 18.2. The van der Waals surface area contributed by atoms with Crippen molar-refractivity contribution in [3.8, 4) is 17.6 Å². The summed E-state index contributed by atoms with van der Waals surface area (Å²) in [5.41, 5.74) is 11.6. The molecule has 0 saturated heterocycles. The van der Waals surface area contributed by atoms with Crippen molar-refractivity contribution in [2.24, 2.45) is 5.73 Å². The van der Waals surface area contributed by atoms with E-state index in [-0.39, 0.29) is 17.4 Å². The number of rotatable bonds is 3. The second-order valence-corrected chi connectivity index (χ2v) is 9.49. The van der Waals surface area contributed by atoms with Crippen LogP contribution in [0.5, 0.6) is 11.5 Å². The molecular formula is C28H21BrN2O4. The summed E-state index contributed by atoms with van der Waals surface area (Å²) in [6.45, 7) is 5.82. The topological polar surface area (TPSA) is 98.5 Å². The molecule has 7 heteroatoms. The number of carbonyl (C=O) groups excluding carboxylic acids is 1. The molecule has 6 nitrogen and oxygen atoms in total. The van der Waals surface area contributed by atoms with E-state index in [1.54, 1.807) is 18.2 Å². The van der Waals surface area contributed by atoms with Crippen LogP contribution < -0.4 is 15.2 Å². The van der Waals surface area contributed by atoms with Gasteiger partial charge in [-0.05, 0) is 61.7 Å². The molecule has 5 rings (SSSR count). The fourth-order valence-corrected chi connectivity index (χ4v) is 4.90. The number of nitrogens with two attached hydrogens (primary N) is 1. The van der Waals surface area contributed by atoms with E-state index in [0.717, 1.165) is 37.7 Å². The predicted molar refractivity (Wildman–Crippen MR) is 135 cm³/mol. The maximum Gasteiger partial charge on any atom is 0.379 e. The second-order valence-electron chi connectivity index (χ2n) is 8.58. The molecule has 1 aliphatic rings. The smallest absolute Gasteiger partial charge is 0.379 e. The van der Waals surface area contributed by atoms with E-state index < -0.39 is 11.9 Å². The monoisotopic (exact) mass is 528 g/mol. The van der Waals surface area contributed by atoms with Gasteiger partial charge < -0.3 is 19.6 Å². The van der Waals surface area contributed by atoms with Gasteiger partial charge in [-0.15, -0.1) is 0 Å². The van der Waals surface area contributed by atoms with Crippen molar-refractivity contribution in [3.63, 3.8) is 0 Å². The van der Waals surface area contributed by atoms with Gasteiger partial charge in [0.15, 0.2) is 0 Å². The number of nitrogens with zero attached hydrogens (tertiary/aromatic N) is 1. The molecule has 174 valence electrons. The molecule has 0 aliphatic carbocycles. The van der Waals surface area contributed by atoms with Crippen LogP contribution >= 0.6 is 15.9 Å². The molecule has 1 unspecified atom stereocenters. The number of furan rings is 1. The number of nitriles is 1. The molecule has 1 aliphatic heterocycles. The Morgan fingerprint density at radius 1 is 1.09 bits per heavy atom. The Hall–Kier alpha value is -4.02. The molecule has 1 aromatic heterocycles. The van der Waals surface area contributed by atoms with Crippen LogP contribution in [0.15, 0.2) is 74.9 Å². The molecule has 0 bridgehead atoms. The van der Waals surface area contributed by atoms with Crippen LogP contribution in [-0.2, 0) is 0 Å². The van der Waals surface area contributed by atoms with Gasteiger partial charge in [-0.2, -0.15) is 5.26 Å². The van der Waals surface area contributed by atoms with Gasteiger partial charge in [0, 0.05) is 27.1 Å². The number of allylic oxidation sites excluding steroid dienone is 1. The van der Waals surface area contributed by atoms with Gasteiger partial charge in [-0.1, -0.05) is 40.2 Å². The summed E-state index contributed by atoms with van der Waals surface area (Å²) in [5.74, 6) is -0.110. The van der Waals surface area contributed by atoms with Gasteiger partial charge in [0.1, 0.15) is 28.7 Å². The van der Waals surface area contributed by atoms with Crippen molar-refractivity contribution in [2.45, 2.75) is 26.7 Å². The highest BCUT2D eigenvalue weighted by atomic mass is 79.9. The van der Waals surface area contributed by atoms with Crippen LogP contribution in [0.4, 0.5) is 0 Å². The summed E-state index contributed by atoms with van der Waals surface area (Å²) in [6.07, 6.45) is 0. The largest absolute Gasteiger partial charge is 0.449 e. The first kappa shape index (κ1) is 22.8. The van der Waals surface area contributed by atoms with Gasteiger partial charge in [-0.25, -0.2) is 4.79 Å². The van der Waals surface area contributed by atoms with Crippen molar-refractivity contribution in [2.75, 3.05) is 0 Å². The molecule has 0 radical (unpaired) electrons. The molecular weight excluding hydrogens is 508 g/mol. The molecule has 0 amide bonds. The molecule has 2 N–H and O–H groups in total. The lowest BCUT2D eigenvalue weighted by Crippen LogP contribution is -2.21. The minimum Gasteiger partial charge on any atom is -0.449 e. The number of halogens is 1. The predicted octanol–water partition coefficient (Wildman–Crippen LogP) is 6.56. The van der Waals surface area contributed by atoms with E-state index in [4.69, 9.17) is 19.6 Å². The van der Waals surface area contributed by atoms with Crippen LogP contribution in [0.25, 0.3) is 11.0 Å². The number of benzene rings is 3. The maximum absolute atomic E-state index is 13.0. The summed E-state index contributed by atoms with van der Waals surface area (Å²) >= 11 is 3.44. The van der Waals surface area contributed by atoms with E-state index in [9.17, 15) is 10.1 Å². The Bertz CT molecular complexity index is 1580.